The van der Waals surface area contributed by atoms with Crippen LogP contribution < -0.4 is 11.2 Å². The van der Waals surface area contributed by atoms with E-state index in [0.717, 1.165) is 47.3 Å². The molecule has 4 rings (SSSR count). The molecule has 2 heterocycles. The maximum atomic E-state index is 12.2. The number of H-pyrrole nitrogens is 1. The van der Waals surface area contributed by atoms with Crippen LogP contribution in [0.2, 0.25) is 0 Å². The van der Waals surface area contributed by atoms with E-state index in [0.29, 0.717) is 17.8 Å². The number of allylic oxidation sites excluding steroid dienone is 1. The second-order valence-electron chi connectivity index (χ2n) is 7.61. The molecule has 0 fully saturated rings. The Bertz CT molecular complexity index is 1070. The summed E-state index contributed by atoms with van der Waals surface area (Å²) in [5.41, 5.74) is 14.9. The number of aromatic amines is 1. The molecule has 0 spiro atoms. The first-order valence-electron chi connectivity index (χ1n) is 10.6. The number of tetrazole rings is 1. The lowest BCUT2D eigenvalue weighted by molar-refractivity contribution is -0.115. The van der Waals surface area contributed by atoms with Crippen LogP contribution in [0.15, 0.2) is 59.8 Å². The van der Waals surface area contributed by atoms with E-state index in [-0.39, 0.29) is 11.9 Å². The minimum atomic E-state index is -0.349. The van der Waals surface area contributed by atoms with Crippen LogP contribution in [0.3, 0.4) is 0 Å². The van der Waals surface area contributed by atoms with Gasteiger partial charge in [0.1, 0.15) is 0 Å². The number of nitrogens with one attached hydrogen (secondary N) is 2. The molecule has 0 aliphatic carbocycles. The molecule has 8 heteroatoms. The fraction of sp³-hybridized carbons (Fsp3) is 0.304. The van der Waals surface area contributed by atoms with E-state index in [1.165, 1.54) is 0 Å². The average molecular weight is 418 g/mol. The number of primary amides is 1. The van der Waals surface area contributed by atoms with E-state index in [9.17, 15) is 4.79 Å². The van der Waals surface area contributed by atoms with Crippen molar-refractivity contribution >= 4 is 5.91 Å². The third kappa shape index (κ3) is 4.20. The van der Waals surface area contributed by atoms with Gasteiger partial charge in [0.05, 0.1) is 11.6 Å². The number of rotatable bonds is 8. The van der Waals surface area contributed by atoms with Gasteiger partial charge >= 0.3 is 0 Å². The smallest absolute Gasteiger partial charge is 0.248 e. The van der Waals surface area contributed by atoms with Gasteiger partial charge in [0, 0.05) is 17.8 Å². The van der Waals surface area contributed by atoms with Crippen LogP contribution in [0.25, 0.3) is 22.5 Å². The fourth-order valence-corrected chi connectivity index (χ4v) is 4.17. The highest BCUT2D eigenvalue weighted by Gasteiger charge is 2.34. The Morgan fingerprint density at radius 3 is 2.45 bits per heavy atom. The van der Waals surface area contributed by atoms with Crippen LogP contribution in [0.5, 0.6) is 0 Å². The van der Waals surface area contributed by atoms with Crippen molar-refractivity contribution < 1.29 is 4.79 Å². The summed E-state index contributed by atoms with van der Waals surface area (Å²) in [4.78, 5) is 12.2. The number of aromatic nitrogens is 4. The van der Waals surface area contributed by atoms with Gasteiger partial charge in [0.15, 0.2) is 0 Å². The number of amides is 1. The fourth-order valence-electron chi connectivity index (χ4n) is 4.17. The average Bonchev–Trinajstić information content (AvgIpc) is 3.43. The number of nitrogens with zero attached hydrogens (tertiary/aromatic N) is 4. The molecule has 0 saturated carbocycles. The van der Waals surface area contributed by atoms with Gasteiger partial charge in [-0.2, -0.15) is 5.21 Å². The number of hydrogen-bond donors (Lipinski definition) is 3. The largest absolute Gasteiger partial charge is 0.366 e. The first kappa shape index (κ1) is 20.7. The van der Waals surface area contributed by atoms with Crippen molar-refractivity contribution in [2.24, 2.45) is 5.73 Å². The SMILES string of the molecule is CCCN1NC(CC)=C(C(N)=O)C1Cc1ccc(-c2ccccc2-c2nn[nH]n2)cc1. The summed E-state index contributed by atoms with van der Waals surface area (Å²) in [6.07, 6.45) is 2.45. The molecular formula is C23H27N7O. The van der Waals surface area contributed by atoms with Gasteiger partial charge in [0.25, 0.3) is 0 Å². The third-order valence-electron chi connectivity index (χ3n) is 5.60. The van der Waals surface area contributed by atoms with Crippen LogP contribution in [-0.2, 0) is 11.2 Å². The molecule has 1 unspecified atom stereocenters. The molecule has 3 aromatic rings. The molecule has 8 nitrogen and oxygen atoms in total. The van der Waals surface area contributed by atoms with Gasteiger partial charge in [0.2, 0.25) is 11.7 Å². The molecule has 0 saturated heterocycles. The lowest BCUT2D eigenvalue weighted by Gasteiger charge is -2.26. The zero-order valence-corrected chi connectivity index (χ0v) is 17.8. The second kappa shape index (κ2) is 9.09. The maximum absolute atomic E-state index is 12.2. The van der Waals surface area contributed by atoms with Crippen molar-refractivity contribution in [2.45, 2.75) is 39.2 Å². The lowest BCUT2D eigenvalue weighted by Crippen LogP contribution is -2.42. The zero-order chi connectivity index (χ0) is 21.8. The molecule has 0 radical (unpaired) electrons. The summed E-state index contributed by atoms with van der Waals surface area (Å²) < 4.78 is 0. The minimum Gasteiger partial charge on any atom is -0.366 e. The molecule has 1 aliphatic rings. The summed E-state index contributed by atoms with van der Waals surface area (Å²) >= 11 is 0. The van der Waals surface area contributed by atoms with Gasteiger partial charge in [-0.15, -0.1) is 10.2 Å². The molecule has 160 valence electrons. The van der Waals surface area contributed by atoms with Crippen molar-refractivity contribution in [3.63, 3.8) is 0 Å². The van der Waals surface area contributed by atoms with Crippen LogP contribution >= 0.6 is 0 Å². The van der Waals surface area contributed by atoms with E-state index in [1.54, 1.807) is 0 Å². The van der Waals surface area contributed by atoms with E-state index >= 15 is 0 Å². The molecule has 1 aliphatic heterocycles. The van der Waals surface area contributed by atoms with Crippen molar-refractivity contribution in [3.8, 4) is 22.5 Å². The van der Waals surface area contributed by atoms with Gasteiger partial charge < -0.3 is 11.2 Å². The van der Waals surface area contributed by atoms with Gasteiger partial charge in [-0.3, -0.25) is 4.79 Å². The standard InChI is InChI=1S/C23H27N7O/c1-3-13-30-20(21(22(24)31)19(4-2)27-30)14-15-9-11-16(12-10-15)17-7-5-6-8-18(17)23-25-28-29-26-23/h5-12,20,27H,3-4,13-14H2,1-2H3,(H2,24,31)(H,25,26,28,29). The summed E-state index contributed by atoms with van der Waals surface area (Å²) in [5, 5.41) is 16.6. The van der Waals surface area contributed by atoms with Crippen LogP contribution in [0, 0.1) is 0 Å². The highest BCUT2D eigenvalue weighted by molar-refractivity contribution is 5.94. The number of hydrogen-bond acceptors (Lipinski definition) is 6. The molecule has 1 aromatic heterocycles. The van der Waals surface area contributed by atoms with Crippen molar-refractivity contribution in [1.82, 2.24) is 31.1 Å². The Hall–Kier alpha value is -3.52. The highest BCUT2D eigenvalue weighted by Crippen LogP contribution is 2.31. The number of nitrogens with two attached hydrogens (primary N) is 1. The zero-order valence-electron chi connectivity index (χ0n) is 17.8. The van der Waals surface area contributed by atoms with E-state index in [2.05, 4.69) is 62.2 Å². The van der Waals surface area contributed by atoms with Gasteiger partial charge in [-0.25, -0.2) is 5.01 Å². The first-order chi connectivity index (χ1) is 15.1. The first-order valence-corrected chi connectivity index (χ1v) is 10.6. The lowest BCUT2D eigenvalue weighted by atomic mass is 9.94. The Morgan fingerprint density at radius 1 is 1.10 bits per heavy atom. The number of hydrazine groups is 1. The Balaban J connectivity index is 1.61. The Morgan fingerprint density at radius 2 is 1.84 bits per heavy atom. The molecule has 0 bridgehead atoms. The van der Waals surface area contributed by atoms with Gasteiger partial charge in [-0.05, 0) is 41.2 Å². The predicted octanol–water partition coefficient (Wildman–Crippen LogP) is 2.82. The quantitative estimate of drug-likeness (QED) is 0.519. The normalized spacial score (nSPS) is 16.5. The molecule has 2 aromatic carbocycles. The van der Waals surface area contributed by atoms with Crippen LogP contribution in [0.1, 0.15) is 32.3 Å². The summed E-state index contributed by atoms with van der Waals surface area (Å²) in [7, 11) is 0. The number of carbonyl (C=O) groups excluding carboxylic acids is 1. The van der Waals surface area contributed by atoms with Crippen molar-refractivity contribution in [3.05, 3.63) is 65.4 Å². The Kier molecular flexibility index (Phi) is 6.08. The van der Waals surface area contributed by atoms with Crippen LogP contribution in [0.4, 0.5) is 0 Å². The highest BCUT2D eigenvalue weighted by atomic mass is 16.1. The van der Waals surface area contributed by atoms with E-state index in [4.69, 9.17) is 5.73 Å². The Labute approximate surface area is 181 Å². The topological polar surface area (TPSA) is 113 Å². The summed E-state index contributed by atoms with van der Waals surface area (Å²) in [5.74, 6) is 0.217. The molecule has 1 atom stereocenters. The number of benzene rings is 2. The van der Waals surface area contributed by atoms with E-state index in [1.807, 2.05) is 31.2 Å². The van der Waals surface area contributed by atoms with Crippen molar-refractivity contribution in [1.29, 1.82) is 0 Å². The second-order valence-corrected chi connectivity index (χ2v) is 7.61. The van der Waals surface area contributed by atoms with Gasteiger partial charge in [-0.1, -0.05) is 62.4 Å². The van der Waals surface area contributed by atoms with E-state index < -0.39 is 0 Å². The van der Waals surface area contributed by atoms with Crippen molar-refractivity contribution in [2.75, 3.05) is 6.54 Å². The maximum Gasteiger partial charge on any atom is 0.248 e. The molecule has 1 amide bonds. The summed E-state index contributed by atoms with van der Waals surface area (Å²) in [6, 6.07) is 16.3. The predicted molar refractivity (Wildman–Crippen MR) is 119 cm³/mol. The number of carbonyl (C=O) groups is 1. The summed E-state index contributed by atoms with van der Waals surface area (Å²) in [6.45, 7) is 5.01. The molecule has 4 N–H and O–H groups in total. The minimum absolute atomic E-state index is 0.0649. The van der Waals surface area contributed by atoms with Crippen LogP contribution in [-0.4, -0.2) is 44.1 Å². The molecular weight excluding hydrogens is 390 g/mol. The monoisotopic (exact) mass is 417 g/mol. The molecule has 31 heavy (non-hydrogen) atoms. The third-order valence-corrected chi connectivity index (χ3v) is 5.60.